The smallest absolute Gasteiger partial charge is 0.119 e. The van der Waals surface area contributed by atoms with Gasteiger partial charge in [-0.1, -0.05) is 38.8 Å². The highest BCUT2D eigenvalue weighted by Crippen LogP contribution is 2.28. The van der Waals surface area contributed by atoms with E-state index in [0.29, 0.717) is 12.0 Å². The van der Waals surface area contributed by atoms with Gasteiger partial charge in [-0.25, -0.2) is 0 Å². The van der Waals surface area contributed by atoms with Gasteiger partial charge in [0.2, 0.25) is 0 Å². The quantitative estimate of drug-likeness (QED) is 0.836. The van der Waals surface area contributed by atoms with Crippen molar-refractivity contribution in [1.82, 2.24) is 5.32 Å². The van der Waals surface area contributed by atoms with Crippen molar-refractivity contribution in [3.05, 3.63) is 29.8 Å². The second-order valence-corrected chi connectivity index (χ2v) is 5.97. The summed E-state index contributed by atoms with van der Waals surface area (Å²) in [5.41, 5.74) is 1.37. The third-order valence-electron chi connectivity index (χ3n) is 4.32. The maximum absolute atomic E-state index is 5.94. The lowest BCUT2D eigenvalue weighted by molar-refractivity contribution is 0.225. The molecule has 2 nitrogen and oxygen atoms in total. The van der Waals surface area contributed by atoms with Crippen LogP contribution >= 0.6 is 0 Å². The maximum Gasteiger partial charge on any atom is 0.119 e. The molecule has 1 atom stereocenters. The van der Waals surface area contributed by atoms with E-state index in [0.717, 1.165) is 18.3 Å². The third kappa shape index (κ3) is 3.97. The first kappa shape index (κ1) is 14.4. The summed E-state index contributed by atoms with van der Waals surface area (Å²) in [6, 6.07) is 9.02. The number of hydrogen-bond donors (Lipinski definition) is 1. The minimum absolute atomic E-state index is 0.493. The molecule has 0 spiro atoms. The largest absolute Gasteiger partial charge is 0.492 e. The highest BCUT2D eigenvalue weighted by molar-refractivity contribution is 5.28. The van der Waals surface area contributed by atoms with Crippen molar-refractivity contribution in [2.45, 2.75) is 51.5 Å². The van der Waals surface area contributed by atoms with Gasteiger partial charge in [-0.3, -0.25) is 0 Å². The molecule has 0 heterocycles. The Kier molecular flexibility index (Phi) is 5.26. The molecule has 2 heteroatoms. The molecule has 1 unspecified atom stereocenters. The predicted molar refractivity (Wildman–Crippen MR) is 80.8 cm³/mol. The molecule has 1 fully saturated rings. The molecule has 1 aliphatic rings. The average Bonchev–Trinajstić information content (AvgIpc) is 2.94. The topological polar surface area (TPSA) is 21.3 Å². The summed E-state index contributed by atoms with van der Waals surface area (Å²) in [5.74, 6) is 2.36. The SMILES string of the molecule is CNC(COc1ccc(C(C)C)cc1)C1CCCC1. The minimum Gasteiger partial charge on any atom is -0.492 e. The minimum atomic E-state index is 0.493. The van der Waals surface area contributed by atoms with E-state index in [1.807, 2.05) is 7.05 Å². The zero-order valence-electron chi connectivity index (χ0n) is 12.5. The summed E-state index contributed by atoms with van der Waals surface area (Å²) in [5, 5.41) is 3.42. The van der Waals surface area contributed by atoms with Crippen LogP contribution in [-0.2, 0) is 0 Å². The molecule has 0 aromatic heterocycles. The molecule has 106 valence electrons. The van der Waals surface area contributed by atoms with Gasteiger partial charge in [0.1, 0.15) is 12.4 Å². The Morgan fingerprint density at radius 2 is 1.79 bits per heavy atom. The van der Waals surface area contributed by atoms with Gasteiger partial charge in [0.25, 0.3) is 0 Å². The number of rotatable bonds is 6. The zero-order valence-corrected chi connectivity index (χ0v) is 12.5. The van der Waals surface area contributed by atoms with Crippen LogP contribution in [0.15, 0.2) is 24.3 Å². The predicted octanol–water partition coefficient (Wildman–Crippen LogP) is 3.97. The second kappa shape index (κ2) is 6.95. The van der Waals surface area contributed by atoms with Crippen LogP contribution in [0.5, 0.6) is 5.75 Å². The van der Waals surface area contributed by atoms with Crippen molar-refractivity contribution >= 4 is 0 Å². The molecule has 19 heavy (non-hydrogen) atoms. The van der Waals surface area contributed by atoms with Gasteiger partial charge in [-0.15, -0.1) is 0 Å². The van der Waals surface area contributed by atoms with Gasteiger partial charge >= 0.3 is 0 Å². The van der Waals surface area contributed by atoms with Crippen molar-refractivity contribution in [3.8, 4) is 5.75 Å². The average molecular weight is 261 g/mol. The van der Waals surface area contributed by atoms with E-state index in [4.69, 9.17) is 4.74 Å². The van der Waals surface area contributed by atoms with Crippen LogP contribution in [0.3, 0.4) is 0 Å². The summed E-state index contributed by atoms with van der Waals surface area (Å²) in [6.45, 7) is 5.21. The summed E-state index contributed by atoms with van der Waals surface area (Å²) in [6.07, 6.45) is 5.46. The van der Waals surface area contributed by atoms with Gasteiger partial charge in [0.15, 0.2) is 0 Å². The van der Waals surface area contributed by atoms with Crippen LogP contribution in [0.4, 0.5) is 0 Å². The molecule has 0 saturated heterocycles. The van der Waals surface area contributed by atoms with E-state index in [9.17, 15) is 0 Å². The molecule has 1 N–H and O–H groups in total. The maximum atomic E-state index is 5.94. The summed E-state index contributed by atoms with van der Waals surface area (Å²) in [7, 11) is 2.05. The Hall–Kier alpha value is -1.02. The number of benzene rings is 1. The van der Waals surface area contributed by atoms with Crippen LogP contribution in [0.2, 0.25) is 0 Å². The fourth-order valence-electron chi connectivity index (χ4n) is 2.95. The molecule has 1 aliphatic carbocycles. The Balaban J connectivity index is 1.86. The highest BCUT2D eigenvalue weighted by atomic mass is 16.5. The molecule has 0 radical (unpaired) electrons. The van der Waals surface area contributed by atoms with Crippen molar-refractivity contribution in [2.75, 3.05) is 13.7 Å². The summed E-state index contributed by atoms with van der Waals surface area (Å²) < 4.78 is 5.94. The van der Waals surface area contributed by atoms with Gasteiger partial charge in [0, 0.05) is 6.04 Å². The molecular weight excluding hydrogens is 234 g/mol. The molecule has 1 aromatic rings. The van der Waals surface area contributed by atoms with Crippen LogP contribution < -0.4 is 10.1 Å². The monoisotopic (exact) mass is 261 g/mol. The standard InChI is InChI=1S/C17H27NO/c1-13(2)14-8-10-16(11-9-14)19-12-17(18-3)15-6-4-5-7-15/h8-11,13,15,17-18H,4-7,12H2,1-3H3. The lowest BCUT2D eigenvalue weighted by Crippen LogP contribution is -2.37. The van der Waals surface area contributed by atoms with Crippen molar-refractivity contribution < 1.29 is 4.74 Å². The summed E-state index contributed by atoms with van der Waals surface area (Å²) in [4.78, 5) is 0. The second-order valence-electron chi connectivity index (χ2n) is 5.97. The Labute approximate surface area is 117 Å². The first-order valence-corrected chi connectivity index (χ1v) is 7.60. The molecule has 1 aromatic carbocycles. The number of hydrogen-bond acceptors (Lipinski definition) is 2. The Morgan fingerprint density at radius 1 is 1.16 bits per heavy atom. The fraction of sp³-hybridized carbons (Fsp3) is 0.647. The Bertz CT molecular complexity index is 365. The highest BCUT2D eigenvalue weighted by Gasteiger charge is 2.24. The van der Waals surface area contributed by atoms with Crippen LogP contribution in [0, 0.1) is 5.92 Å². The van der Waals surface area contributed by atoms with E-state index in [-0.39, 0.29) is 0 Å². The van der Waals surface area contributed by atoms with Crippen LogP contribution in [0.1, 0.15) is 51.0 Å². The van der Waals surface area contributed by atoms with Crippen LogP contribution in [0.25, 0.3) is 0 Å². The lowest BCUT2D eigenvalue weighted by Gasteiger charge is -2.23. The van der Waals surface area contributed by atoms with E-state index in [2.05, 4.69) is 43.4 Å². The van der Waals surface area contributed by atoms with Crippen LogP contribution in [-0.4, -0.2) is 19.7 Å². The fourth-order valence-corrected chi connectivity index (χ4v) is 2.95. The number of ether oxygens (including phenoxy) is 1. The number of likely N-dealkylation sites (N-methyl/N-ethyl adjacent to an activating group) is 1. The number of nitrogens with one attached hydrogen (secondary N) is 1. The van der Waals surface area contributed by atoms with Gasteiger partial charge in [0.05, 0.1) is 0 Å². The Morgan fingerprint density at radius 3 is 2.32 bits per heavy atom. The third-order valence-corrected chi connectivity index (χ3v) is 4.32. The summed E-state index contributed by atoms with van der Waals surface area (Å²) >= 11 is 0. The van der Waals surface area contributed by atoms with E-state index >= 15 is 0 Å². The molecular formula is C17H27NO. The van der Waals surface area contributed by atoms with Crippen molar-refractivity contribution in [1.29, 1.82) is 0 Å². The van der Waals surface area contributed by atoms with Crippen molar-refractivity contribution in [3.63, 3.8) is 0 Å². The van der Waals surface area contributed by atoms with Gasteiger partial charge in [-0.05, 0) is 49.4 Å². The molecule has 0 amide bonds. The first-order valence-electron chi connectivity index (χ1n) is 7.60. The first-order chi connectivity index (χ1) is 9.20. The lowest BCUT2D eigenvalue weighted by atomic mass is 9.99. The normalized spacial score (nSPS) is 17.9. The molecule has 0 aliphatic heterocycles. The zero-order chi connectivity index (χ0) is 13.7. The van der Waals surface area contributed by atoms with Gasteiger partial charge in [-0.2, -0.15) is 0 Å². The van der Waals surface area contributed by atoms with E-state index < -0.39 is 0 Å². The van der Waals surface area contributed by atoms with Crippen molar-refractivity contribution in [2.24, 2.45) is 5.92 Å². The molecule has 2 rings (SSSR count). The molecule has 1 saturated carbocycles. The van der Waals surface area contributed by atoms with Gasteiger partial charge < -0.3 is 10.1 Å². The molecule has 0 bridgehead atoms. The van der Waals surface area contributed by atoms with E-state index in [1.54, 1.807) is 0 Å². The van der Waals surface area contributed by atoms with E-state index in [1.165, 1.54) is 31.2 Å².